The molecular weight excluding hydrogens is 416 g/mol. The lowest BCUT2D eigenvalue weighted by molar-refractivity contribution is 0.0198. The molecule has 0 spiro atoms. The summed E-state index contributed by atoms with van der Waals surface area (Å²) >= 11 is 6.97. The number of carbonyl (C=O) groups excluding carboxylic acids is 1. The number of halogens is 1. The van der Waals surface area contributed by atoms with E-state index in [1.807, 2.05) is 12.1 Å². The van der Waals surface area contributed by atoms with Gasteiger partial charge in [0.25, 0.3) is 5.56 Å². The second-order valence-electron chi connectivity index (χ2n) is 6.45. The summed E-state index contributed by atoms with van der Waals surface area (Å²) in [6.07, 6.45) is 0.487. The van der Waals surface area contributed by atoms with Crippen LogP contribution in [0.15, 0.2) is 35.4 Å². The molecule has 1 atom stereocenters. The standard InChI is InChI=1S/C20H21ClN2O5S/c1-3-28-20(26)17-12(2)16-18(29-17)22-11-23(19(16)25)8-15(24)10-27-9-13-4-6-14(21)7-5-13/h4-7,11,15,24H,3,8-10H2,1-2H3/t15-/m1/s1. The minimum Gasteiger partial charge on any atom is -0.462 e. The van der Waals surface area contributed by atoms with E-state index < -0.39 is 12.1 Å². The van der Waals surface area contributed by atoms with Gasteiger partial charge in [-0.3, -0.25) is 9.36 Å². The molecule has 0 fully saturated rings. The van der Waals surface area contributed by atoms with Crippen molar-refractivity contribution in [2.24, 2.45) is 0 Å². The fraction of sp³-hybridized carbons (Fsp3) is 0.350. The van der Waals surface area contributed by atoms with E-state index in [1.165, 1.54) is 10.9 Å². The van der Waals surface area contributed by atoms with Gasteiger partial charge in [-0.05, 0) is 37.1 Å². The number of aryl methyl sites for hydroxylation is 1. The highest BCUT2D eigenvalue weighted by Gasteiger charge is 2.20. The van der Waals surface area contributed by atoms with Crippen LogP contribution in [0.2, 0.25) is 5.02 Å². The molecule has 0 saturated carbocycles. The molecule has 3 rings (SSSR count). The molecule has 9 heteroatoms. The maximum Gasteiger partial charge on any atom is 0.348 e. The Morgan fingerprint density at radius 3 is 2.76 bits per heavy atom. The molecule has 0 aliphatic rings. The Morgan fingerprint density at radius 1 is 1.34 bits per heavy atom. The van der Waals surface area contributed by atoms with Gasteiger partial charge in [-0.15, -0.1) is 11.3 Å². The van der Waals surface area contributed by atoms with Crippen LogP contribution in [0.5, 0.6) is 0 Å². The Hall–Kier alpha value is -2.26. The molecule has 2 aromatic heterocycles. The van der Waals surface area contributed by atoms with Crippen molar-refractivity contribution in [3.8, 4) is 0 Å². The van der Waals surface area contributed by atoms with Gasteiger partial charge in [0.15, 0.2) is 0 Å². The van der Waals surface area contributed by atoms with E-state index in [4.69, 9.17) is 21.1 Å². The molecule has 0 bridgehead atoms. The first-order valence-electron chi connectivity index (χ1n) is 9.06. The van der Waals surface area contributed by atoms with Gasteiger partial charge >= 0.3 is 5.97 Å². The van der Waals surface area contributed by atoms with Gasteiger partial charge in [0.05, 0.1) is 44.2 Å². The highest BCUT2D eigenvalue weighted by atomic mass is 35.5. The summed E-state index contributed by atoms with van der Waals surface area (Å²) in [6.45, 7) is 4.10. The normalized spacial score (nSPS) is 12.3. The first-order chi connectivity index (χ1) is 13.9. The molecule has 0 unspecified atom stereocenters. The van der Waals surface area contributed by atoms with Crippen LogP contribution in [0.3, 0.4) is 0 Å². The highest BCUT2D eigenvalue weighted by molar-refractivity contribution is 7.20. The Kier molecular flexibility index (Phi) is 7.02. The molecular formula is C20H21ClN2O5S. The zero-order chi connectivity index (χ0) is 21.0. The van der Waals surface area contributed by atoms with E-state index >= 15 is 0 Å². The number of hydrogen-bond acceptors (Lipinski definition) is 7. The third-order valence-electron chi connectivity index (χ3n) is 4.28. The van der Waals surface area contributed by atoms with Gasteiger partial charge in [0.2, 0.25) is 0 Å². The number of nitrogens with zero attached hydrogens (tertiary/aromatic N) is 2. The number of hydrogen-bond donors (Lipinski definition) is 1. The van der Waals surface area contributed by atoms with Crippen molar-refractivity contribution in [1.82, 2.24) is 9.55 Å². The molecule has 0 saturated heterocycles. The number of aliphatic hydroxyl groups is 1. The quantitative estimate of drug-likeness (QED) is 0.545. The zero-order valence-electron chi connectivity index (χ0n) is 16.1. The van der Waals surface area contributed by atoms with Gasteiger partial charge < -0.3 is 14.6 Å². The van der Waals surface area contributed by atoms with Crippen LogP contribution in [0.1, 0.15) is 27.7 Å². The van der Waals surface area contributed by atoms with Crippen molar-refractivity contribution >= 4 is 39.1 Å². The molecule has 7 nitrogen and oxygen atoms in total. The molecule has 1 aromatic carbocycles. The number of thiophene rings is 1. The molecule has 2 heterocycles. The van der Waals surface area contributed by atoms with Gasteiger partial charge in [-0.1, -0.05) is 23.7 Å². The van der Waals surface area contributed by atoms with E-state index in [0.717, 1.165) is 16.9 Å². The fourth-order valence-electron chi connectivity index (χ4n) is 2.85. The minimum absolute atomic E-state index is 0.0341. The topological polar surface area (TPSA) is 90.7 Å². The van der Waals surface area contributed by atoms with Gasteiger partial charge in [-0.25, -0.2) is 9.78 Å². The van der Waals surface area contributed by atoms with Crippen LogP contribution in [0, 0.1) is 6.92 Å². The minimum atomic E-state index is -0.886. The van der Waals surface area contributed by atoms with Crippen LogP contribution < -0.4 is 5.56 Å². The fourth-order valence-corrected chi connectivity index (χ4v) is 4.01. The predicted octanol–water partition coefficient (Wildman–Crippen LogP) is 3.17. The third kappa shape index (κ3) is 5.02. The number of carbonyl (C=O) groups is 1. The van der Waals surface area contributed by atoms with Crippen molar-refractivity contribution in [1.29, 1.82) is 0 Å². The maximum atomic E-state index is 12.8. The Labute approximate surface area is 176 Å². The molecule has 0 aliphatic carbocycles. The number of aliphatic hydroxyl groups excluding tert-OH is 1. The summed E-state index contributed by atoms with van der Waals surface area (Å²) in [7, 11) is 0. The van der Waals surface area contributed by atoms with Crippen molar-refractivity contribution < 1.29 is 19.4 Å². The molecule has 0 amide bonds. The third-order valence-corrected chi connectivity index (χ3v) is 5.71. The summed E-state index contributed by atoms with van der Waals surface area (Å²) in [4.78, 5) is 30.0. The molecule has 29 heavy (non-hydrogen) atoms. The lowest BCUT2D eigenvalue weighted by Crippen LogP contribution is -2.29. The summed E-state index contributed by atoms with van der Waals surface area (Å²) in [5.41, 5.74) is 1.17. The van der Waals surface area contributed by atoms with Crippen LogP contribution >= 0.6 is 22.9 Å². The van der Waals surface area contributed by atoms with Crippen LogP contribution in [0.25, 0.3) is 10.2 Å². The van der Waals surface area contributed by atoms with E-state index in [-0.39, 0.29) is 25.3 Å². The number of benzene rings is 1. The number of fused-ring (bicyclic) bond motifs is 1. The average Bonchev–Trinajstić information content (AvgIpc) is 3.03. The van der Waals surface area contributed by atoms with Crippen molar-refractivity contribution in [3.05, 3.63) is 62.0 Å². The van der Waals surface area contributed by atoms with Gasteiger partial charge in [0.1, 0.15) is 9.71 Å². The zero-order valence-corrected chi connectivity index (χ0v) is 17.6. The monoisotopic (exact) mass is 436 g/mol. The first-order valence-corrected chi connectivity index (χ1v) is 10.3. The van der Waals surface area contributed by atoms with Crippen molar-refractivity contribution in [2.75, 3.05) is 13.2 Å². The highest BCUT2D eigenvalue weighted by Crippen LogP contribution is 2.27. The lowest BCUT2D eigenvalue weighted by atomic mass is 10.2. The molecule has 3 aromatic rings. The number of ether oxygens (including phenoxy) is 2. The van der Waals surface area contributed by atoms with Crippen molar-refractivity contribution in [3.63, 3.8) is 0 Å². The summed E-state index contributed by atoms with van der Waals surface area (Å²) in [5.74, 6) is -0.463. The number of aromatic nitrogens is 2. The van der Waals surface area contributed by atoms with E-state index in [1.54, 1.807) is 26.0 Å². The van der Waals surface area contributed by atoms with E-state index in [9.17, 15) is 14.7 Å². The lowest BCUT2D eigenvalue weighted by Gasteiger charge is -2.13. The van der Waals surface area contributed by atoms with Crippen molar-refractivity contribution in [2.45, 2.75) is 33.1 Å². The second-order valence-corrected chi connectivity index (χ2v) is 7.89. The van der Waals surface area contributed by atoms with E-state index in [2.05, 4.69) is 4.98 Å². The van der Waals surface area contributed by atoms with Gasteiger partial charge in [-0.2, -0.15) is 0 Å². The summed E-state index contributed by atoms with van der Waals surface area (Å²) in [6, 6.07) is 7.23. The smallest absolute Gasteiger partial charge is 0.348 e. The Morgan fingerprint density at radius 2 is 2.07 bits per heavy atom. The van der Waals surface area contributed by atoms with Crippen LogP contribution in [0.4, 0.5) is 0 Å². The van der Waals surface area contributed by atoms with E-state index in [0.29, 0.717) is 32.3 Å². The number of esters is 1. The summed E-state index contributed by atoms with van der Waals surface area (Å²) in [5, 5.41) is 11.3. The van der Waals surface area contributed by atoms with Crippen LogP contribution in [-0.4, -0.2) is 39.9 Å². The molecule has 0 radical (unpaired) electrons. The second kappa shape index (κ2) is 9.49. The largest absolute Gasteiger partial charge is 0.462 e. The Balaban J connectivity index is 1.68. The van der Waals surface area contributed by atoms with Crippen LogP contribution in [-0.2, 0) is 22.6 Å². The van der Waals surface area contributed by atoms with Gasteiger partial charge in [0, 0.05) is 5.02 Å². The number of rotatable bonds is 8. The average molecular weight is 437 g/mol. The molecule has 1 N–H and O–H groups in total. The maximum absolute atomic E-state index is 12.8. The Bertz CT molecular complexity index is 1060. The molecule has 154 valence electrons. The predicted molar refractivity (Wildman–Crippen MR) is 112 cm³/mol. The summed E-state index contributed by atoms with van der Waals surface area (Å²) < 4.78 is 11.9. The molecule has 0 aliphatic heterocycles. The SMILES string of the molecule is CCOC(=O)c1sc2ncn(C[C@@H](O)COCc3ccc(Cl)cc3)c(=O)c2c1C. The first kappa shape index (κ1) is 21.4.